The number of aliphatic hydroxyl groups is 5. The fraction of sp³-hybridized carbons (Fsp3) is 0.455. The zero-order chi connectivity index (χ0) is 90.8. The van der Waals surface area contributed by atoms with Crippen LogP contribution in [0.25, 0.3) is 33.5 Å². The molecule has 15 atom stereocenters. The molecule has 690 valence electrons. The molecule has 6 aromatic heterocycles. The Kier molecular flexibility index (Phi) is 49.4. The highest BCUT2D eigenvalue weighted by Crippen LogP contribution is 2.46. The maximum absolute atomic E-state index is 13.5. The van der Waals surface area contributed by atoms with Gasteiger partial charge in [-0.05, 0) is 130 Å². The van der Waals surface area contributed by atoms with Crippen LogP contribution in [0.4, 0.5) is 38.0 Å². The van der Waals surface area contributed by atoms with Crippen molar-refractivity contribution in [3.05, 3.63) is 130 Å². The first-order chi connectivity index (χ1) is 59.3. The second kappa shape index (κ2) is 56.2. The highest BCUT2D eigenvalue weighted by atomic mass is 35.7. The summed E-state index contributed by atoms with van der Waals surface area (Å²) in [5.74, 6) is 2.63. The molecule has 16 N–H and O–H groups in total. The van der Waals surface area contributed by atoms with Crippen LogP contribution in [0.2, 0.25) is 5.15 Å². The largest absolute Gasteiger partial charge is 0.396 e. The molecule has 3 aromatic carbocycles. The maximum Gasteiger partial charge on any atom is 0.333 e. The van der Waals surface area contributed by atoms with Crippen LogP contribution < -0.4 is 32.8 Å². The summed E-state index contributed by atoms with van der Waals surface area (Å²) in [6.45, 7) is 4.25. The summed E-state index contributed by atoms with van der Waals surface area (Å²) in [5, 5.41) is 104. The molecule has 60 heteroatoms. The van der Waals surface area contributed by atoms with Gasteiger partial charge in [0.05, 0.1) is 55.2 Å². The quantitative estimate of drug-likeness (QED) is 0.0221. The summed E-state index contributed by atoms with van der Waals surface area (Å²) >= 11 is 15.4. The van der Waals surface area contributed by atoms with Crippen LogP contribution in [0.1, 0.15) is 133 Å². The number of nitriles is 2. The fourth-order valence-corrected chi connectivity index (χ4v) is 46.1. The van der Waals surface area contributed by atoms with Gasteiger partial charge in [0.15, 0.2) is 85.2 Å². The van der Waals surface area contributed by atoms with Crippen molar-refractivity contribution in [2.45, 2.75) is 151 Å². The van der Waals surface area contributed by atoms with E-state index in [0.29, 0.717) is 89.2 Å². The molecule has 33 nitrogen and oxygen atoms in total. The molecule has 6 saturated carbocycles. The first kappa shape index (κ1) is 111. The molecule has 126 heavy (non-hydrogen) atoms. The zero-order valence-electron chi connectivity index (χ0n) is 65.3. The average Bonchev–Trinajstić information content (AvgIpc) is 1.67. The Morgan fingerprint density at radius 3 is 1.16 bits per heavy atom. The van der Waals surface area contributed by atoms with Gasteiger partial charge in [0.25, 0.3) is 9.24 Å². The third-order valence-electron chi connectivity index (χ3n) is 18.3. The summed E-state index contributed by atoms with van der Waals surface area (Å²) in [7, 11) is 20.0. The van der Waals surface area contributed by atoms with Crippen molar-refractivity contribution in [2.75, 3.05) is 30.5 Å². The van der Waals surface area contributed by atoms with Gasteiger partial charge in [0.1, 0.15) is 19.0 Å². The number of hydrogen-bond acceptors (Lipinski definition) is 30. The lowest BCUT2D eigenvalue weighted by molar-refractivity contribution is 0.0901. The van der Waals surface area contributed by atoms with Gasteiger partial charge in [0.2, 0.25) is 0 Å². The molecule has 0 amide bonds. The van der Waals surface area contributed by atoms with Gasteiger partial charge in [-0.1, -0.05) is 51.4 Å². The summed E-state index contributed by atoms with van der Waals surface area (Å²) < 4.78 is 129. The standard InChI is InChI=1S/C19H21F2N7O4S.C19H20F2N6O2.C10H12ClN5O2.C9H9F2N.C5H4.2C2H3N.ClH2NO2S.ClH.H3N.S16.H2/c20-13-2-1-9(4-14(13)21)12-6-15(12)25-18-17-19(24-8-23-18)28(27-26-17)11-3-10(16(29)5-11)7-32-33(22,30)31;20-13-2-1-9(4-14(13)21)12-6-15(12)24-18-17-19(23-8-22-18)27(26-25-17)11-3-10(7-28)16(29)5-11;11-9-8-10(13-4-12-9)16(15-14-8)6-1-5(3-17)7(18)2-6;10-7-2-1-5(3-8(7)11)6-4-9(6)12;1-3-5-4-2;2*1-2-3;1-5(2,3)4;;;1-3-5-7-9-11-13-15-16-14-12-10-8-6-4-2;/h1-2,4,8,10-12,15-16,29H,3,5-7H2,(H2,22,30,31)(H,23,24,25);1-2,4,8,10-12,15-16,28-29H,3,5-7H2,(H,22,23,24);4-7,17-18H,1-3H2;1-3,6,9H,4,12H2;1H,2H3;2*1H3;(H2,2,3,4);1H;1H3;;1H/t2*10-,11+,12-,15+,16?;;6-,9+;;;;;;;;/m00.0......../s1. The number of terminal acetylenes is 1. The van der Waals surface area contributed by atoms with E-state index in [1.807, 2.05) is 0 Å². The molecule has 6 aliphatic carbocycles. The summed E-state index contributed by atoms with van der Waals surface area (Å²) in [6.07, 6.45) is 12.4. The van der Waals surface area contributed by atoms with E-state index in [4.69, 9.17) is 66.9 Å². The number of fused-ring (bicyclic) bond motifs is 3. The van der Waals surface area contributed by atoms with E-state index in [1.165, 1.54) is 68.8 Å². The average molecular weight is 2150 g/mol. The van der Waals surface area contributed by atoms with Gasteiger partial charge in [0, 0.05) is 240 Å². The molecule has 6 heterocycles. The number of benzene rings is 3. The monoisotopic (exact) mass is 2150 g/mol. The first-order valence-corrected chi connectivity index (χ1v) is 59.7. The number of nitrogens with two attached hydrogens (primary N) is 3. The van der Waals surface area contributed by atoms with Gasteiger partial charge in [-0.3, -0.25) is 4.18 Å². The van der Waals surface area contributed by atoms with E-state index in [9.17, 15) is 63.6 Å². The van der Waals surface area contributed by atoms with Gasteiger partial charge in [-0.2, -0.15) is 27.4 Å². The normalized spacial score (nSPS) is 22.0. The zero-order valence-corrected chi connectivity index (χ0v) is 82.3. The lowest BCUT2D eigenvalue weighted by atomic mass is 10.1. The third kappa shape index (κ3) is 35.8. The molecule has 0 aliphatic heterocycles. The van der Waals surface area contributed by atoms with Crippen LogP contribution in [-0.2, 0) is 170 Å². The van der Waals surface area contributed by atoms with Crippen LogP contribution in [0, 0.1) is 99.5 Å². The number of nitrogens with one attached hydrogen (secondary N) is 2. The van der Waals surface area contributed by atoms with Crippen molar-refractivity contribution in [1.82, 2.24) is 81.0 Å². The lowest BCUT2D eigenvalue weighted by Gasteiger charge is -2.12. The van der Waals surface area contributed by atoms with Crippen molar-refractivity contribution in [1.29, 1.82) is 10.5 Å². The SMILES string of the molecule is C#CC#CC.CC#N.CC#N.Cl.N.NS(=O)(=O)Cl.NS(=O)(=O)OC[C@@H]1C[C@@H](n2nnc3c(N[C@@H]4C[C@H]4c4ccc(F)c(F)c4)ncnc32)CC1O.N[C@@H]1C[C@H]1c1ccc(F)c(F)c1.OCC1CC(n2nnc3c(Cl)ncnc32)CC1O.OC[C@@H]1C[C@@H](n2nnc3c(N[C@@H]4C[C@H]4c4ccc(F)c(F)c4)ncnc32)CC1O.S=S=S=S=S=S=S=S=S=S=S=S=S=S=S=S.[HH]. The Morgan fingerprint density at radius 2 is 0.857 bits per heavy atom. The Labute approximate surface area is 785 Å². The van der Waals surface area contributed by atoms with E-state index in [-0.39, 0.29) is 111 Å². The minimum atomic E-state index is -4.10. The van der Waals surface area contributed by atoms with Crippen molar-refractivity contribution >= 4 is 246 Å². The van der Waals surface area contributed by atoms with Crippen LogP contribution >= 0.6 is 34.7 Å². The van der Waals surface area contributed by atoms with E-state index in [1.54, 1.807) is 158 Å². The van der Waals surface area contributed by atoms with Crippen LogP contribution in [0.3, 0.4) is 0 Å². The molecule has 6 aliphatic rings. The van der Waals surface area contributed by atoms with Crippen molar-refractivity contribution in [3.8, 4) is 36.3 Å². The Balaban J connectivity index is 0.000000328. The molecule has 5 unspecified atom stereocenters. The Bertz CT molecular complexity index is 6310. The van der Waals surface area contributed by atoms with Gasteiger partial charge >= 0.3 is 10.3 Å². The fourth-order valence-electron chi connectivity index (χ4n) is 12.6. The molecule has 15 rings (SSSR count). The number of hydrogen-bond donors (Lipinski definition) is 11. The molecular weight excluding hydrogens is 2070 g/mol. The maximum atomic E-state index is 13.5. The van der Waals surface area contributed by atoms with Gasteiger partial charge < -0.3 is 48.1 Å². The molecule has 0 bridgehead atoms. The van der Waals surface area contributed by atoms with E-state index in [2.05, 4.69) is 109 Å². The van der Waals surface area contributed by atoms with E-state index in [0.717, 1.165) is 48.6 Å². The molecule has 0 spiro atoms. The summed E-state index contributed by atoms with van der Waals surface area (Å²) in [6, 6.07) is 15.1. The Hall–Kier alpha value is -5.73. The smallest absolute Gasteiger partial charge is 0.333 e. The number of nitrogens with zero attached hydrogens (tertiary/aromatic N) is 17. The van der Waals surface area contributed by atoms with Gasteiger partial charge in [-0.15, -0.1) is 34.1 Å². The predicted octanol–water partition coefficient (Wildman–Crippen LogP) is 6.65. The minimum absolute atomic E-state index is 0. The molecular formula is C66H80Cl3F6N23O10S18. The second-order valence-corrected chi connectivity index (χ2v) is 54.9. The second-order valence-electron chi connectivity index (χ2n) is 26.3. The lowest BCUT2D eigenvalue weighted by Crippen LogP contribution is -2.24. The highest BCUT2D eigenvalue weighted by Gasteiger charge is 2.43. The van der Waals surface area contributed by atoms with Crippen molar-refractivity contribution in [3.63, 3.8) is 0 Å². The number of anilines is 2. The van der Waals surface area contributed by atoms with Crippen LogP contribution in [0.5, 0.6) is 0 Å². The number of aromatic nitrogens is 15. The molecule has 6 fully saturated rings. The minimum Gasteiger partial charge on any atom is -0.396 e. The first-order valence-electron chi connectivity index (χ1n) is 35.5. The number of halogens is 9. The number of aliphatic hydroxyl groups excluding tert-OH is 5. The van der Waals surface area contributed by atoms with Crippen LogP contribution in [0.15, 0.2) is 73.6 Å². The summed E-state index contributed by atoms with van der Waals surface area (Å²) in [4.78, 5) is 25.1. The molecule has 0 saturated heterocycles. The highest BCUT2D eigenvalue weighted by molar-refractivity contribution is 8.77. The predicted molar refractivity (Wildman–Crippen MR) is 511 cm³/mol. The number of rotatable bonds is 15. The van der Waals surface area contributed by atoms with Crippen molar-refractivity contribution in [2.24, 2.45) is 33.8 Å². The van der Waals surface area contributed by atoms with E-state index < -0.39 is 78.7 Å². The Morgan fingerprint density at radius 1 is 0.540 bits per heavy atom. The van der Waals surface area contributed by atoms with Crippen LogP contribution in [-0.4, -0.2) is 174 Å². The van der Waals surface area contributed by atoms with Crippen molar-refractivity contribution < 1.29 is 74.3 Å². The molecule has 0 radical (unpaired) electrons. The van der Waals surface area contributed by atoms with Gasteiger partial charge in [-0.25, -0.2) is 80.6 Å². The third-order valence-corrected chi connectivity index (χ3v) is 48.0. The topological polar surface area (TPSA) is 533 Å². The molecule has 9 aromatic rings. The summed E-state index contributed by atoms with van der Waals surface area (Å²) in [5.41, 5.74) is 10.8. The van der Waals surface area contributed by atoms with E-state index >= 15 is 0 Å².